The van der Waals surface area contributed by atoms with E-state index >= 15 is 0 Å². The van der Waals surface area contributed by atoms with Crippen molar-refractivity contribution < 1.29 is 9.47 Å². The first-order valence-electron chi connectivity index (χ1n) is 2.48. The number of terminal acetylenes is 1. The van der Waals surface area contributed by atoms with Crippen molar-refractivity contribution in [3.63, 3.8) is 0 Å². The van der Waals surface area contributed by atoms with E-state index in [1.54, 1.807) is 0 Å². The molecule has 1 unspecified atom stereocenters. The minimum Gasteiger partial charge on any atom is -0.342 e. The van der Waals surface area contributed by atoms with Crippen LogP contribution >= 0.6 is 0 Å². The summed E-state index contributed by atoms with van der Waals surface area (Å²) in [7, 11) is 0. The molecular formula is C6H8O2. The zero-order valence-corrected chi connectivity index (χ0v) is 4.81. The van der Waals surface area contributed by atoms with Crippen LogP contribution in [0.5, 0.6) is 0 Å². The van der Waals surface area contributed by atoms with Gasteiger partial charge in [0.25, 0.3) is 0 Å². The van der Waals surface area contributed by atoms with Crippen LogP contribution in [0.3, 0.4) is 0 Å². The third-order valence-corrected chi connectivity index (χ3v) is 1.01. The zero-order chi connectivity index (χ0) is 6.04. The molecule has 1 aliphatic rings. The fraction of sp³-hybridized carbons (Fsp3) is 0.667. The van der Waals surface area contributed by atoms with Crippen molar-refractivity contribution in [2.24, 2.45) is 0 Å². The SMILES string of the molecule is C#CCOC1(C)CO1. The van der Waals surface area contributed by atoms with Crippen LogP contribution in [-0.2, 0) is 9.47 Å². The van der Waals surface area contributed by atoms with Crippen molar-refractivity contribution in [1.29, 1.82) is 0 Å². The first kappa shape index (κ1) is 5.61. The quantitative estimate of drug-likeness (QED) is 0.380. The fourth-order valence-corrected chi connectivity index (χ4v) is 0.379. The third kappa shape index (κ3) is 1.22. The first-order valence-corrected chi connectivity index (χ1v) is 2.48. The highest BCUT2D eigenvalue weighted by molar-refractivity contribution is 4.86. The van der Waals surface area contributed by atoms with E-state index in [0.717, 1.165) is 0 Å². The molecule has 8 heavy (non-hydrogen) atoms. The van der Waals surface area contributed by atoms with Crippen molar-refractivity contribution in [1.82, 2.24) is 0 Å². The monoisotopic (exact) mass is 112 g/mol. The average Bonchev–Trinajstić information content (AvgIpc) is 2.45. The first-order chi connectivity index (χ1) is 3.77. The lowest BCUT2D eigenvalue weighted by atomic mass is 10.5. The standard InChI is InChI=1S/C6H8O2/c1-3-4-7-6(2)5-8-6/h1H,4-5H2,2H3. The molecule has 0 aromatic heterocycles. The molecule has 0 amide bonds. The Balaban J connectivity index is 2.12. The van der Waals surface area contributed by atoms with E-state index in [1.165, 1.54) is 0 Å². The maximum absolute atomic E-state index is 5.03. The summed E-state index contributed by atoms with van der Waals surface area (Å²) in [5.41, 5.74) is 0. The van der Waals surface area contributed by atoms with Gasteiger partial charge in [-0.1, -0.05) is 5.92 Å². The minimum absolute atomic E-state index is 0.341. The van der Waals surface area contributed by atoms with Gasteiger partial charge in [-0.05, 0) is 6.92 Å². The van der Waals surface area contributed by atoms with Crippen LogP contribution in [0.25, 0.3) is 0 Å². The molecule has 2 heteroatoms. The highest BCUT2D eigenvalue weighted by Crippen LogP contribution is 2.26. The highest BCUT2D eigenvalue weighted by Gasteiger charge is 2.40. The van der Waals surface area contributed by atoms with Crippen LogP contribution in [0.15, 0.2) is 0 Å². The van der Waals surface area contributed by atoms with Crippen LogP contribution in [0.2, 0.25) is 0 Å². The Hall–Kier alpha value is -0.520. The molecule has 2 nitrogen and oxygen atoms in total. The van der Waals surface area contributed by atoms with Crippen LogP contribution in [0, 0.1) is 12.3 Å². The molecule has 0 spiro atoms. The summed E-state index contributed by atoms with van der Waals surface area (Å²) in [4.78, 5) is 0. The summed E-state index contributed by atoms with van der Waals surface area (Å²) < 4.78 is 9.91. The molecule has 44 valence electrons. The lowest BCUT2D eigenvalue weighted by Gasteiger charge is -2.00. The second-order valence-corrected chi connectivity index (χ2v) is 1.92. The molecule has 1 heterocycles. The van der Waals surface area contributed by atoms with Gasteiger partial charge in [-0.25, -0.2) is 0 Å². The maximum Gasteiger partial charge on any atom is 0.190 e. The van der Waals surface area contributed by atoms with Crippen molar-refractivity contribution in [2.75, 3.05) is 13.2 Å². The van der Waals surface area contributed by atoms with E-state index in [0.29, 0.717) is 13.2 Å². The number of epoxide rings is 1. The van der Waals surface area contributed by atoms with Crippen molar-refractivity contribution in [3.8, 4) is 12.3 Å². The summed E-state index contributed by atoms with van der Waals surface area (Å²) in [6, 6.07) is 0. The van der Waals surface area contributed by atoms with Gasteiger partial charge in [0.05, 0.1) is 0 Å². The second-order valence-electron chi connectivity index (χ2n) is 1.92. The fourth-order valence-electron chi connectivity index (χ4n) is 0.379. The van der Waals surface area contributed by atoms with Crippen LogP contribution in [0.4, 0.5) is 0 Å². The van der Waals surface area contributed by atoms with Gasteiger partial charge < -0.3 is 9.47 Å². The van der Waals surface area contributed by atoms with Gasteiger partial charge in [0.15, 0.2) is 5.79 Å². The Bertz CT molecular complexity index is 119. The van der Waals surface area contributed by atoms with Gasteiger partial charge in [-0.2, -0.15) is 0 Å². The predicted octanol–water partition coefficient (Wildman–Crippen LogP) is 0.383. The van der Waals surface area contributed by atoms with Crippen LogP contribution in [-0.4, -0.2) is 19.0 Å². The highest BCUT2D eigenvalue weighted by atomic mass is 16.8. The predicted molar refractivity (Wildman–Crippen MR) is 29.1 cm³/mol. The average molecular weight is 112 g/mol. The van der Waals surface area contributed by atoms with Gasteiger partial charge in [-0.3, -0.25) is 0 Å². The summed E-state index contributed by atoms with van der Waals surface area (Å²) in [5, 5.41) is 0. The molecule has 0 aromatic rings. The second kappa shape index (κ2) is 1.77. The van der Waals surface area contributed by atoms with E-state index in [2.05, 4.69) is 5.92 Å². The summed E-state index contributed by atoms with van der Waals surface area (Å²) in [6.45, 7) is 2.88. The van der Waals surface area contributed by atoms with E-state index in [9.17, 15) is 0 Å². The maximum atomic E-state index is 5.03. The molecule has 1 atom stereocenters. The molecular weight excluding hydrogens is 104 g/mol. The molecule has 0 radical (unpaired) electrons. The van der Waals surface area contributed by atoms with Gasteiger partial charge in [0.1, 0.15) is 13.2 Å². The minimum atomic E-state index is -0.341. The molecule has 0 bridgehead atoms. The number of ether oxygens (including phenoxy) is 2. The van der Waals surface area contributed by atoms with E-state index < -0.39 is 0 Å². The lowest BCUT2D eigenvalue weighted by molar-refractivity contribution is -0.0119. The summed E-state index contributed by atoms with van der Waals surface area (Å²) in [6.07, 6.45) is 4.93. The molecule has 1 aliphatic heterocycles. The molecule has 0 aliphatic carbocycles. The lowest BCUT2D eigenvalue weighted by Crippen LogP contribution is -2.10. The molecule has 1 saturated heterocycles. The smallest absolute Gasteiger partial charge is 0.190 e. The Morgan fingerprint density at radius 1 is 2.00 bits per heavy atom. The van der Waals surface area contributed by atoms with Crippen molar-refractivity contribution >= 4 is 0 Å². The van der Waals surface area contributed by atoms with Gasteiger partial charge in [0.2, 0.25) is 0 Å². The van der Waals surface area contributed by atoms with Gasteiger partial charge >= 0.3 is 0 Å². The van der Waals surface area contributed by atoms with Gasteiger partial charge in [0, 0.05) is 0 Å². The number of hydrogen-bond donors (Lipinski definition) is 0. The normalized spacial score (nSPS) is 34.0. The third-order valence-electron chi connectivity index (χ3n) is 1.01. The molecule has 0 aromatic carbocycles. The summed E-state index contributed by atoms with van der Waals surface area (Å²) >= 11 is 0. The van der Waals surface area contributed by atoms with Crippen LogP contribution in [0.1, 0.15) is 6.92 Å². The Labute approximate surface area is 48.8 Å². The van der Waals surface area contributed by atoms with Crippen molar-refractivity contribution in [2.45, 2.75) is 12.7 Å². The molecule has 0 N–H and O–H groups in total. The Kier molecular flexibility index (Phi) is 1.24. The zero-order valence-electron chi connectivity index (χ0n) is 4.81. The topological polar surface area (TPSA) is 21.8 Å². The number of hydrogen-bond acceptors (Lipinski definition) is 2. The Morgan fingerprint density at radius 3 is 3.00 bits per heavy atom. The van der Waals surface area contributed by atoms with Crippen molar-refractivity contribution in [3.05, 3.63) is 0 Å². The largest absolute Gasteiger partial charge is 0.342 e. The van der Waals surface area contributed by atoms with Gasteiger partial charge in [-0.15, -0.1) is 6.42 Å². The summed E-state index contributed by atoms with van der Waals surface area (Å²) in [5.74, 6) is 2.02. The number of rotatable bonds is 2. The van der Waals surface area contributed by atoms with E-state index in [4.69, 9.17) is 15.9 Å². The molecule has 0 saturated carbocycles. The van der Waals surface area contributed by atoms with E-state index in [-0.39, 0.29) is 5.79 Å². The van der Waals surface area contributed by atoms with E-state index in [1.807, 2.05) is 6.92 Å². The van der Waals surface area contributed by atoms with Crippen LogP contribution < -0.4 is 0 Å². The Morgan fingerprint density at radius 2 is 2.62 bits per heavy atom. The molecule has 1 rings (SSSR count). The molecule has 1 fully saturated rings.